The summed E-state index contributed by atoms with van der Waals surface area (Å²) in [4.78, 5) is 0. The number of fused-ring (bicyclic) bond motifs is 1. The Kier molecular flexibility index (Phi) is 3.83. The van der Waals surface area contributed by atoms with Crippen molar-refractivity contribution < 1.29 is 5.11 Å². The number of aliphatic hydroxyl groups excluding tert-OH is 1. The van der Waals surface area contributed by atoms with E-state index in [1.807, 2.05) is 18.2 Å². The van der Waals surface area contributed by atoms with Crippen LogP contribution in [-0.4, -0.2) is 5.11 Å². The molecular weight excluding hydrogens is 371 g/mol. The molecule has 2 aromatic carbocycles. The molecule has 1 nitrogen and oxygen atoms in total. The Labute approximate surface area is 131 Å². The third-order valence-corrected chi connectivity index (χ3v) is 5.00. The van der Waals surface area contributed by atoms with E-state index in [0.29, 0.717) is 10.9 Å². The summed E-state index contributed by atoms with van der Waals surface area (Å²) in [6.07, 6.45) is 1.40. The lowest BCUT2D eigenvalue weighted by Gasteiger charge is -2.32. The van der Waals surface area contributed by atoms with E-state index in [0.717, 1.165) is 22.0 Å². The van der Waals surface area contributed by atoms with Crippen LogP contribution in [0.3, 0.4) is 0 Å². The predicted molar refractivity (Wildman–Crippen MR) is 86.6 cm³/mol. The lowest BCUT2D eigenvalue weighted by atomic mass is 9.74. The molecule has 2 unspecified atom stereocenters. The Bertz CT molecular complexity index is 611. The van der Waals surface area contributed by atoms with E-state index in [2.05, 4.69) is 46.9 Å². The maximum absolute atomic E-state index is 10.4. The number of halogens is 2. The Hall–Kier alpha value is -0.580. The first kappa shape index (κ1) is 13.4. The van der Waals surface area contributed by atoms with E-state index >= 15 is 0 Å². The van der Waals surface area contributed by atoms with Crippen molar-refractivity contribution >= 4 is 34.2 Å². The monoisotopic (exact) mass is 384 g/mol. The normalized spacial score (nSPS) is 18.6. The van der Waals surface area contributed by atoms with Gasteiger partial charge in [0, 0.05) is 8.59 Å². The number of hydrogen-bond donors (Lipinski definition) is 1. The molecule has 2 atom stereocenters. The Morgan fingerprint density at radius 2 is 2.05 bits per heavy atom. The molecule has 3 rings (SSSR count). The number of hydrogen-bond acceptors (Lipinski definition) is 1. The second-order valence-corrected chi connectivity index (χ2v) is 6.62. The average molecular weight is 385 g/mol. The molecule has 19 heavy (non-hydrogen) atoms. The number of aliphatic hydroxyl groups is 1. The minimum absolute atomic E-state index is 0.441. The first-order valence-corrected chi connectivity index (χ1v) is 7.81. The fourth-order valence-corrected chi connectivity index (χ4v) is 3.61. The van der Waals surface area contributed by atoms with Crippen molar-refractivity contribution in [3.8, 4) is 0 Å². The van der Waals surface area contributed by atoms with Crippen LogP contribution in [0.5, 0.6) is 0 Å². The van der Waals surface area contributed by atoms with Crippen molar-refractivity contribution in [2.45, 2.75) is 24.9 Å². The highest BCUT2D eigenvalue weighted by molar-refractivity contribution is 14.1. The van der Waals surface area contributed by atoms with Crippen LogP contribution >= 0.6 is 34.2 Å². The highest BCUT2D eigenvalue weighted by Gasteiger charge is 2.28. The zero-order valence-electron chi connectivity index (χ0n) is 10.3. The average Bonchev–Trinajstić information content (AvgIpc) is 2.38. The van der Waals surface area contributed by atoms with Gasteiger partial charge in [-0.3, -0.25) is 0 Å². The minimum atomic E-state index is -0.441. The van der Waals surface area contributed by atoms with Gasteiger partial charge in [0.25, 0.3) is 0 Å². The summed E-state index contributed by atoms with van der Waals surface area (Å²) >= 11 is 8.26. The molecule has 98 valence electrons. The summed E-state index contributed by atoms with van der Waals surface area (Å²) in [5.74, 6) is 0.473. The summed E-state index contributed by atoms with van der Waals surface area (Å²) in [5.41, 5.74) is 3.75. The number of benzene rings is 2. The van der Waals surface area contributed by atoms with Gasteiger partial charge in [0.1, 0.15) is 0 Å². The van der Waals surface area contributed by atoms with Crippen LogP contribution in [0.4, 0.5) is 0 Å². The van der Waals surface area contributed by atoms with Gasteiger partial charge >= 0.3 is 0 Å². The zero-order valence-corrected chi connectivity index (χ0v) is 13.2. The van der Waals surface area contributed by atoms with E-state index in [4.69, 9.17) is 11.6 Å². The van der Waals surface area contributed by atoms with Crippen LogP contribution in [0, 0.1) is 3.57 Å². The highest BCUT2D eigenvalue weighted by atomic mass is 127. The fraction of sp³-hybridized carbons (Fsp3) is 0.250. The van der Waals surface area contributed by atoms with Crippen LogP contribution in [0.15, 0.2) is 42.5 Å². The Morgan fingerprint density at radius 1 is 1.26 bits per heavy atom. The van der Waals surface area contributed by atoms with Crippen LogP contribution < -0.4 is 0 Å². The Balaban J connectivity index is 1.76. The van der Waals surface area contributed by atoms with Gasteiger partial charge in [-0.25, -0.2) is 0 Å². The van der Waals surface area contributed by atoms with Gasteiger partial charge in [-0.1, -0.05) is 35.9 Å². The highest BCUT2D eigenvalue weighted by Crippen LogP contribution is 2.41. The first-order chi connectivity index (χ1) is 9.15. The molecule has 0 spiro atoms. The van der Waals surface area contributed by atoms with Crippen molar-refractivity contribution in [3.05, 3.63) is 67.7 Å². The van der Waals surface area contributed by atoms with Gasteiger partial charge in [-0.05, 0) is 76.2 Å². The summed E-state index contributed by atoms with van der Waals surface area (Å²) in [6, 6.07) is 14.2. The van der Waals surface area contributed by atoms with E-state index in [1.165, 1.54) is 11.1 Å². The molecule has 0 aliphatic heterocycles. The van der Waals surface area contributed by atoms with Gasteiger partial charge in [0.15, 0.2) is 0 Å². The molecule has 0 saturated carbocycles. The van der Waals surface area contributed by atoms with Gasteiger partial charge < -0.3 is 5.11 Å². The summed E-state index contributed by atoms with van der Waals surface area (Å²) in [6.45, 7) is 0. The van der Waals surface area contributed by atoms with Gasteiger partial charge in [-0.15, -0.1) is 0 Å². The zero-order chi connectivity index (χ0) is 13.4. The Morgan fingerprint density at radius 3 is 2.84 bits per heavy atom. The molecule has 0 fully saturated rings. The maximum Gasteiger partial charge on any atom is 0.0806 e. The molecule has 1 aliphatic carbocycles. The molecule has 0 bridgehead atoms. The molecule has 2 aromatic rings. The first-order valence-electron chi connectivity index (χ1n) is 6.36. The maximum atomic E-state index is 10.4. The fourth-order valence-electron chi connectivity index (χ4n) is 2.74. The molecule has 0 heterocycles. The van der Waals surface area contributed by atoms with E-state index < -0.39 is 6.10 Å². The van der Waals surface area contributed by atoms with Crippen molar-refractivity contribution in [2.24, 2.45) is 0 Å². The molecule has 1 aliphatic rings. The summed E-state index contributed by atoms with van der Waals surface area (Å²) in [5, 5.41) is 11.1. The van der Waals surface area contributed by atoms with Crippen LogP contribution in [0.25, 0.3) is 0 Å². The topological polar surface area (TPSA) is 20.2 Å². The van der Waals surface area contributed by atoms with Crippen LogP contribution in [-0.2, 0) is 6.42 Å². The summed E-state index contributed by atoms with van der Waals surface area (Å²) in [7, 11) is 0. The standard InChI is InChI=1S/C16H14ClIO/c17-12-5-6-15(18)14(9-12)16(19)8-11-7-10-3-1-2-4-13(10)11/h1-6,9,11,16,19H,7-8H2. The molecular formula is C16H14ClIO. The largest absolute Gasteiger partial charge is 0.388 e. The minimum Gasteiger partial charge on any atom is -0.388 e. The molecule has 0 amide bonds. The predicted octanol–water partition coefficient (Wildman–Crippen LogP) is 4.71. The third-order valence-electron chi connectivity index (χ3n) is 3.79. The van der Waals surface area contributed by atoms with E-state index in [-0.39, 0.29) is 0 Å². The molecule has 0 saturated heterocycles. The van der Waals surface area contributed by atoms with Crippen molar-refractivity contribution in [2.75, 3.05) is 0 Å². The lowest BCUT2D eigenvalue weighted by molar-refractivity contribution is 0.153. The molecule has 3 heteroatoms. The van der Waals surface area contributed by atoms with Crippen molar-refractivity contribution in [1.29, 1.82) is 0 Å². The second-order valence-electron chi connectivity index (χ2n) is 5.02. The lowest BCUT2D eigenvalue weighted by Crippen LogP contribution is -2.19. The summed E-state index contributed by atoms with van der Waals surface area (Å²) < 4.78 is 1.07. The molecule has 0 radical (unpaired) electrons. The van der Waals surface area contributed by atoms with Crippen molar-refractivity contribution in [1.82, 2.24) is 0 Å². The van der Waals surface area contributed by atoms with Crippen molar-refractivity contribution in [3.63, 3.8) is 0 Å². The molecule has 0 aromatic heterocycles. The van der Waals surface area contributed by atoms with Gasteiger partial charge in [0.2, 0.25) is 0 Å². The van der Waals surface area contributed by atoms with Crippen LogP contribution in [0.1, 0.15) is 35.1 Å². The van der Waals surface area contributed by atoms with E-state index in [1.54, 1.807) is 0 Å². The molecule has 1 N–H and O–H groups in total. The number of rotatable bonds is 3. The van der Waals surface area contributed by atoms with Gasteiger partial charge in [-0.2, -0.15) is 0 Å². The quantitative estimate of drug-likeness (QED) is 0.760. The third kappa shape index (κ3) is 2.67. The van der Waals surface area contributed by atoms with E-state index in [9.17, 15) is 5.11 Å². The van der Waals surface area contributed by atoms with Crippen LogP contribution in [0.2, 0.25) is 5.02 Å². The second kappa shape index (κ2) is 5.43. The SMILES string of the molecule is OC(CC1Cc2ccccc21)c1cc(Cl)ccc1I. The van der Waals surface area contributed by atoms with Gasteiger partial charge in [0.05, 0.1) is 6.10 Å². The smallest absolute Gasteiger partial charge is 0.0806 e.